The fourth-order valence-electron chi connectivity index (χ4n) is 4.77. The molecule has 0 saturated carbocycles. The summed E-state index contributed by atoms with van der Waals surface area (Å²) >= 11 is 0. The number of aliphatic hydroxyl groups excluding tert-OH is 1. The number of hydrogen-bond donors (Lipinski definition) is 1. The van der Waals surface area contributed by atoms with Crippen molar-refractivity contribution in [3.63, 3.8) is 0 Å². The van der Waals surface area contributed by atoms with E-state index in [1.807, 2.05) is 72.0 Å². The zero-order valence-corrected chi connectivity index (χ0v) is 30.4. The summed E-state index contributed by atoms with van der Waals surface area (Å²) < 4.78 is 6.15. The van der Waals surface area contributed by atoms with E-state index >= 15 is 0 Å². The fourth-order valence-corrected chi connectivity index (χ4v) is 4.77. The van der Waals surface area contributed by atoms with Gasteiger partial charge in [-0.25, -0.2) is 0 Å². The molecule has 2 heterocycles. The van der Waals surface area contributed by atoms with Crippen LogP contribution in [-0.2, 0) is 30.3 Å². The molecule has 1 N–H and O–H groups in total. The van der Waals surface area contributed by atoms with Crippen LogP contribution < -0.4 is 0 Å². The van der Waals surface area contributed by atoms with E-state index in [2.05, 4.69) is 75.4 Å². The minimum atomic E-state index is -0.377. The summed E-state index contributed by atoms with van der Waals surface area (Å²) in [5.74, 6) is 1.05. The molecule has 5 heteroatoms. The van der Waals surface area contributed by atoms with Gasteiger partial charge in [-0.2, -0.15) is 0 Å². The van der Waals surface area contributed by atoms with Gasteiger partial charge in [0.2, 0.25) is 0 Å². The van der Waals surface area contributed by atoms with E-state index in [4.69, 9.17) is 9.40 Å². The Kier molecular flexibility index (Phi) is 11.4. The van der Waals surface area contributed by atoms with E-state index in [9.17, 15) is 9.90 Å². The van der Waals surface area contributed by atoms with Crippen LogP contribution in [0.4, 0.5) is 0 Å². The van der Waals surface area contributed by atoms with E-state index in [0.29, 0.717) is 0 Å². The van der Waals surface area contributed by atoms with Crippen LogP contribution in [0.2, 0.25) is 0 Å². The molecule has 0 aliphatic carbocycles. The Labute approximate surface area is 282 Å². The Morgan fingerprint density at radius 2 is 1.47 bits per heavy atom. The molecule has 0 bridgehead atoms. The van der Waals surface area contributed by atoms with Crippen molar-refractivity contribution in [1.82, 2.24) is 4.98 Å². The first-order chi connectivity index (χ1) is 20.7. The van der Waals surface area contributed by atoms with E-state index < -0.39 is 0 Å². The van der Waals surface area contributed by atoms with Crippen molar-refractivity contribution in [2.24, 2.45) is 10.8 Å². The van der Waals surface area contributed by atoms with Crippen LogP contribution in [0.15, 0.2) is 95.2 Å². The van der Waals surface area contributed by atoms with Crippen molar-refractivity contribution in [2.75, 3.05) is 0 Å². The number of furan rings is 1. The molecule has 2 aromatic heterocycles. The second-order valence-corrected chi connectivity index (χ2v) is 13.8. The van der Waals surface area contributed by atoms with Crippen molar-refractivity contribution in [2.45, 2.75) is 80.6 Å². The molecule has 239 valence electrons. The first kappa shape index (κ1) is 35.9. The smallest absolute Gasteiger partial charge is 0.164 e. The molecule has 0 amide bonds. The number of nitrogens with zero attached hydrogens (tertiary/aromatic N) is 1. The van der Waals surface area contributed by atoms with E-state index in [0.717, 1.165) is 51.8 Å². The van der Waals surface area contributed by atoms with Crippen LogP contribution >= 0.6 is 0 Å². The number of rotatable bonds is 7. The summed E-state index contributed by atoms with van der Waals surface area (Å²) in [6.07, 6.45) is 4.81. The largest absolute Gasteiger partial charge is 0.512 e. The van der Waals surface area contributed by atoms with Gasteiger partial charge in [-0.05, 0) is 30.4 Å². The molecule has 4 nitrogen and oxygen atoms in total. The molecule has 0 spiro atoms. The number of ketones is 1. The van der Waals surface area contributed by atoms with Gasteiger partial charge in [-0.15, -0.1) is 29.1 Å². The molecule has 45 heavy (non-hydrogen) atoms. The van der Waals surface area contributed by atoms with Crippen molar-refractivity contribution >= 4 is 27.5 Å². The molecule has 0 atom stereocenters. The van der Waals surface area contributed by atoms with Crippen molar-refractivity contribution in [1.29, 1.82) is 0 Å². The fraction of sp³-hybridized carbons (Fsp3) is 0.350. The maximum absolute atomic E-state index is 11.8. The first-order valence-corrected chi connectivity index (χ1v) is 15.5. The van der Waals surface area contributed by atoms with Gasteiger partial charge in [-0.3, -0.25) is 9.78 Å². The van der Waals surface area contributed by atoms with E-state index in [1.54, 1.807) is 0 Å². The number of hydrogen-bond acceptors (Lipinski definition) is 4. The predicted octanol–water partition coefficient (Wildman–Crippen LogP) is 11.3. The van der Waals surface area contributed by atoms with Gasteiger partial charge >= 0.3 is 0 Å². The maximum atomic E-state index is 11.8. The Balaban J connectivity index is 0.000000297. The summed E-state index contributed by atoms with van der Waals surface area (Å²) in [4.78, 5) is 16.6. The third kappa shape index (κ3) is 8.20. The zero-order chi connectivity index (χ0) is 32.3. The quantitative estimate of drug-likeness (QED) is 0.101. The molecule has 5 aromatic rings. The Morgan fingerprint density at radius 1 is 0.844 bits per heavy atom. The average molecular weight is 781 g/mol. The number of aliphatic hydroxyl groups is 1. The number of pyridine rings is 1. The van der Waals surface area contributed by atoms with Crippen LogP contribution in [0, 0.1) is 16.9 Å². The first-order valence-electron chi connectivity index (χ1n) is 15.5. The molecular weight excluding hydrogens is 735 g/mol. The van der Waals surface area contributed by atoms with Gasteiger partial charge in [0.15, 0.2) is 5.78 Å². The monoisotopic (exact) mass is 781 g/mol. The van der Waals surface area contributed by atoms with Crippen molar-refractivity contribution in [3.8, 4) is 22.6 Å². The molecule has 0 saturated heterocycles. The molecule has 0 aliphatic heterocycles. The second kappa shape index (κ2) is 14.3. The predicted molar refractivity (Wildman–Crippen MR) is 184 cm³/mol. The SMILES string of the molecule is CC(C)(C)c1cc(-c2nccc3oc(-c4ccccc4)cc23)[c-]c2ccccc12.CCC(C)(C)C(=O)/C=C(\O)C(C)(C)CC.[Ir]. The Morgan fingerprint density at radius 3 is 2.09 bits per heavy atom. The molecule has 0 unspecified atom stereocenters. The van der Waals surface area contributed by atoms with E-state index in [-0.39, 0.29) is 47.9 Å². The third-order valence-electron chi connectivity index (χ3n) is 8.74. The molecule has 5 rings (SSSR count). The number of carbonyl (C=O) groups excluding carboxylic acids is 1. The minimum absolute atomic E-state index is 0. The normalized spacial score (nSPS) is 12.4. The molecular formula is C40H46IrNO3-. The van der Waals surface area contributed by atoms with Gasteiger partial charge in [0.25, 0.3) is 0 Å². The van der Waals surface area contributed by atoms with Gasteiger partial charge in [0.05, 0.1) is 0 Å². The van der Waals surface area contributed by atoms with Crippen LogP contribution in [-0.4, -0.2) is 15.9 Å². The summed E-state index contributed by atoms with van der Waals surface area (Å²) in [6.45, 7) is 18.4. The van der Waals surface area contributed by atoms with E-state index in [1.165, 1.54) is 17.0 Å². The number of allylic oxidation sites excluding steroid dienone is 2. The molecule has 0 aliphatic rings. The van der Waals surface area contributed by atoms with Crippen LogP contribution in [0.3, 0.4) is 0 Å². The van der Waals surface area contributed by atoms with Crippen molar-refractivity contribution in [3.05, 3.63) is 102 Å². The van der Waals surface area contributed by atoms with Gasteiger partial charge in [0.1, 0.15) is 17.1 Å². The molecule has 3 aromatic carbocycles. The summed E-state index contributed by atoms with van der Waals surface area (Å²) in [5.41, 5.74) is 4.44. The minimum Gasteiger partial charge on any atom is -0.512 e. The molecule has 1 radical (unpaired) electrons. The van der Waals surface area contributed by atoms with Gasteiger partial charge < -0.3 is 9.52 Å². The number of benzene rings is 3. The number of carbonyl (C=O) groups is 1. The van der Waals surface area contributed by atoms with Crippen LogP contribution in [0.5, 0.6) is 0 Å². The van der Waals surface area contributed by atoms with Crippen molar-refractivity contribution < 1.29 is 34.4 Å². The van der Waals surface area contributed by atoms with Gasteiger partial charge in [0, 0.05) is 59.9 Å². The average Bonchev–Trinajstić information content (AvgIpc) is 3.45. The van der Waals surface area contributed by atoms with Crippen LogP contribution in [0.25, 0.3) is 44.3 Å². The second-order valence-electron chi connectivity index (χ2n) is 13.8. The Bertz CT molecular complexity index is 1790. The number of fused-ring (bicyclic) bond motifs is 2. The zero-order valence-electron chi connectivity index (χ0n) is 28.0. The summed E-state index contributed by atoms with van der Waals surface area (Å²) in [6, 6.07) is 28.5. The summed E-state index contributed by atoms with van der Waals surface area (Å²) in [5, 5.41) is 13.2. The third-order valence-corrected chi connectivity index (χ3v) is 8.74. The maximum Gasteiger partial charge on any atom is 0.164 e. The van der Waals surface area contributed by atoms with Gasteiger partial charge in [-0.1, -0.05) is 122 Å². The topological polar surface area (TPSA) is 63.3 Å². The van der Waals surface area contributed by atoms with Crippen LogP contribution in [0.1, 0.15) is 80.7 Å². The number of aromatic nitrogens is 1. The Hall–Kier alpha value is -3.53. The molecule has 0 fully saturated rings. The summed E-state index contributed by atoms with van der Waals surface area (Å²) in [7, 11) is 0. The standard InChI is InChI=1S/C27H22NO.C13H24O2.Ir/c1-27(2,3)23-16-20(15-19-11-7-8-12-21(19)23)26-22-17-25(18-9-5-4-6-10-18)29-24(22)13-14-28-26;1-7-12(3,4)10(14)9-11(15)13(5,6)8-2;/h4-14,16-17H,1-3H3;9,14H,7-8H2,1-6H3;/q-1;;/b;10-9-;.